The van der Waals surface area contributed by atoms with Crippen molar-refractivity contribution in [3.05, 3.63) is 88.9 Å². The molecule has 32 heavy (non-hydrogen) atoms. The smallest absolute Gasteiger partial charge is 0.273 e. The number of carbonyl (C=O) groups is 3. The average Bonchev–Trinajstić information content (AvgIpc) is 2.82. The zero-order valence-electron chi connectivity index (χ0n) is 17.1. The number of carbonyl (C=O) groups excluding carboxylic acids is 3. The van der Waals surface area contributed by atoms with E-state index in [1.807, 2.05) is 0 Å². The molecule has 0 saturated carbocycles. The molecule has 0 bridgehead atoms. The highest BCUT2D eigenvalue weighted by molar-refractivity contribution is 6.30. The van der Waals surface area contributed by atoms with Crippen LogP contribution in [0.15, 0.2) is 72.8 Å². The van der Waals surface area contributed by atoms with Gasteiger partial charge in [-0.2, -0.15) is 0 Å². The predicted octanol–water partition coefficient (Wildman–Crippen LogP) is 3.44. The lowest BCUT2D eigenvalue weighted by atomic mass is 10.2. The molecule has 164 valence electrons. The summed E-state index contributed by atoms with van der Waals surface area (Å²) >= 11 is 5.92. The molecule has 3 rings (SSSR count). The van der Waals surface area contributed by atoms with E-state index in [1.165, 1.54) is 13.2 Å². The fourth-order valence-corrected chi connectivity index (χ4v) is 2.88. The summed E-state index contributed by atoms with van der Waals surface area (Å²) in [6, 6.07) is 19.6. The first kappa shape index (κ1) is 22.6. The Morgan fingerprint density at radius 2 is 1.53 bits per heavy atom. The zero-order valence-corrected chi connectivity index (χ0v) is 17.8. The van der Waals surface area contributed by atoms with Crippen molar-refractivity contribution in [1.82, 2.24) is 10.9 Å². The number of ether oxygens (including phenoxy) is 2. The molecule has 8 nitrogen and oxygen atoms in total. The summed E-state index contributed by atoms with van der Waals surface area (Å²) in [6.45, 7) is -0.355. The molecule has 0 unspecified atom stereocenters. The SMILES string of the molecule is COc1cc(Cl)ccc1NC(=O)COc1ccccc1C(=O)NNC(=O)c1ccccc1. The van der Waals surface area contributed by atoms with Crippen molar-refractivity contribution in [2.24, 2.45) is 0 Å². The number of hydrazine groups is 1. The Kier molecular flexibility index (Phi) is 7.66. The lowest BCUT2D eigenvalue weighted by Crippen LogP contribution is -2.41. The fraction of sp³-hybridized carbons (Fsp3) is 0.0870. The van der Waals surface area contributed by atoms with E-state index >= 15 is 0 Å². The summed E-state index contributed by atoms with van der Waals surface area (Å²) < 4.78 is 10.7. The van der Waals surface area contributed by atoms with Gasteiger partial charge in [0.15, 0.2) is 6.61 Å². The topological polar surface area (TPSA) is 106 Å². The summed E-state index contributed by atoms with van der Waals surface area (Å²) in [6.07, 6.45) is 0. The normalized spacial score (nSPS) is 10.1. The van der Waals surface area contributed by atoms with Crippen LogP contribution in [-0.2, 0) is 4.79 Å². The van der Waals surface area contributed by atoms with Crippen LogP contribution in [0, 0.1) is 0 Å². The predicted molar refractivity (Wildman–Crippen MR) is 120 cm³/mol. The summed E-state index contributed by atoms with van der Waals surface area (Å²) in [5.41, 5.74) is 5.65. The largest absolute Gasteiger partial charge is 0.495 e. The van der Waals surface area contributed by atoms with Crippen LogP contribution < -0.4 is 25.6 Å². The first-order chi connectivity index (χ1) is 15.5. The molecule has 3 N–H and O–H groups in total. The molecule has 0 spiro atoms. The second kappa shape index (κ2) is 10.8. The van der Waals surface area contributed by atoms with E-state index < -0.39 is 17.7 Å². The summed E-state index contributed by atoms with van der Waals surface area (Å²) in [5, 5.41) is 3.13. The van der Waals surface area contributed by atoms with Crippen LogP contribution in [-0.4, -0.2) is 31.4 Å². The lowest BCUT2D eigenvalue weighted by molar-refractivity contribution is -0.118. The minimum Gasteiger partial charge on any atom is -0.495 e. The summed E-state index contributed by atoms with van der Waals surface area (Å²) in [7, 11) is 1.46. The van der Waals surface area contributed by atoms with E-state index in [0.29, 0.717) is 22.0 Å². The Morgan fingerprint density at radius 1 is 0.844 bits per heavy atom. The summed E-state index contributed by atoms with van der Waals surface area (Å²) in [5.74, 6) is -0.937. The van der Waals surface area contributed by atoms with Gasteiger partial charge < -0.3 is 14.8 Å². The van der Waals surface area contributed by atoms with Crippen molar-refractivity contribution in [2.45, 2.75) is 0 Å². The number of anilines is 1. The molecular formula is C23H20ClN3O5. The zero-order chi connectivity index (χ0) is 22.9. The standard InChI is InChI=1S/C23H20ClN3O5/c1-31-20-13-16(24)11-12-18(20)25-21(28)14-32-19-10-6-5-9-17(19)23(30)27-26-22(29)15-7-3-2-4-8-15/h2-13H,14H2,1H3,(H,25,28)(H,26,29)(H,27,30). The first-order valence-electron chi connectivity index (χ1n) is 9.49. The third kappa shape index (κ3) is 5.99. The van der Waals surface area contributed by atoms with Crippen molar-refractivity contribution < 1.29 is 23.9 Å². The number of amides is 3. The maximum absolute atomic E-state index is 12.5. The number of methoxy groups -OCH3 is 1. The number of hydrogen-bond donors (Lipinski definition) is 3. The Labute approximate surface area is 189 Å². The van der Waals surface area contributed by atoms with Crippen LogP contribution in [0.25, 0.3) is 0 Å². The molecule has 3 aromatic rings. The van der Waals surface area contributed by atoms with Crippen LogP contribution in [0.1, 0.15) is 20.7 Å². The van der Waals surface area contributed by atoms with E-state index in [-0.39, 0.29) is 17.9 Å². The second-order valence-corrected chi connectivity index (χ2v) is 6.89. The lowest BCUT2D eigenvalue weighted by Gasteiger charge is -2.13. The van der Waals surface area contributed by atoms with Crippen molar-refractivity contribution in [3.8, 4) is 11.5 Å². The molecular weight excluding hydrogens is 434 g/mol. The summed E-state index contributed by atoms with van der Waals surface area (Å²) in [4.78, 5) is 36.9. The molecule has 0 radical (unpaired) electrons. The van der Waals surface area contributed by atoms with Gasteiger partial charge >= 0.3 is 0 Å². The number of nitrogens with one attached hydrogen (secondary N) is 3. The minimum absolute atomic E-state index is 0.151. The van der Waals surface area contributed by atoms with Gasteiger partial charge in [0.05, 0.1) is 18.4 Å². The number of hydrogen-bond acceptors (Lipinski definition) is 5. The highest BCUT2D eigenvalue weighted by atomic mass is 35.5. The highest BCUT2D eigenvalue weighted by Gasteiger charge is 2.15. The Hall–Kier alpha value is -4.04. The van der Waals surface area contributed by atoms with Gasteiger partial charge in [0.1, 0.15) is 11.5 Å². The molecule has 0 saturated heterocycles. The van der Waals surface area contributed by atoms with E-state index in [1.54, 1.807) is 66.7 Å². The Bertz CT molecular complexity index is 1120. The first-order valence-corrected chi connectivity index (χ1v) is 9.86. The van der Waals surface area contributed by atoms with Gasteiger partial charge in [0.25, 0.3) is 17.7 Å². The molecule has 0 atom stereocenters. The Morgan fingerprint density at radius 3 is 2.28 bits per heavy atom. The van der Waals surface area contributed by atoms with E-state index in [9.17, 15) is 14.4 Å². The van der Waals surface area contributed by atoms with Crippen molar-refractivity contribution in [3.63, 3.8) is 0 Å². The van der Waals surface area contributed by atoms with Crippen LogP contribution in [0.4, 0.5) is 5.69 Å². The molecule has 0 aliphatic carbocycles. The monoisotopic (exact) mass is 453 g/mol. The molecule has 0 aliphatic rings. The number of rotatable bonds is 7. The van der Waals surface area contributed by atoms with Gasteiger partial charge in [-0.15, -0.1) is 0 Å². The maximum atomic E-state index is 12.5. The van der Waals surface area contributed by atoms with Gasteiger partial charge in [-0.1, -0.05) is 41.9 Å². The number of para-hydroxylation sites is 1. The highest BCUT2D eigenvalue weighted by Crippen LogP contribution is 2.27. The van der Waals surface area contributed by atoms with Gasteiger partial charge in [0, 0.05) is 16.7 Å². The van der Waals surface area contributed by atoms with E-state index in [0.717, 1.165) is 0 Å². The Balaban J connectivity index is 1.59. The van der Waals surface area contributed by atoms with Gasteiger partial charge in [-0.3, -0.25) is 25.2 Å². The van der Waals surface area contributed by atoms with Crippen LogP contribution >= 0.6 is 11.6 Å². The van der Waals surface area contributed by atoms with Gasteiger partial charge in [-0.25, -0.2) is 0 Å². The maximum Gasteiger partial charge on any atom is 0.273 e. The molecule has 9 heteroatoms. The van der Waals surface area contributed by atoms with Crippen molar-refractivity contribution in [1.29, 1.82) is 0 Å². The van der Waals surface area contributed by atoms with E-state index in [2.05, 4.69) is 16.2 Å². The van der Waals surface area contributed by atoms with Crippen LogP contribution in [0.2, 0.25) is 5.02 Å². The third-order valence-corrected chi connectivity index (χ3v) is 4.49. The molecule has 3 aromatic carbocycles. The van der Waals surface area contributed by atoms with Crippen molar-refractivity contribution >= 4 is 35.0 Å². The average molecular weight is 454 g/mol. The number of benzene rings is 3. The molecule has 0 heterocycles. The van der Waals surface area contributed by atoms with E-state index in [4.69, 9.17) is 21.1 Å². The minimum atomic E-state index is -0.593. The third-order valence-electron chi connectivity index (χ3n) is 4.25. The molecule has 3 amide bonds. The fourth-order valence-electron chi connectivity index (χ4n) is 2.72. The second-order valence-electron chi connectivity index (χ2n) is 6.45. The van der Waals surface area contributed by atoms with Crippen LogP contribution in [0.3, 0.4) is 0 Å². The molecule has 0 aromatic heterocycles. The molecule has 0 fully saturated rings. The number of halogens is 1. The van der Waals surface area contributed by atoms with Crippen molar-refractivity contribution in [2.75, 3.05) is 19.0 Å². The molecule has 0 aliphatic heterocycles. The van der Waals surface area contributed by atoms with Gasteiger partial charge in [-0.05, 0) is 36.4 Å². The van der Waals surface area contributed by atoms with Gasteiger partial charge in [0.2, 0.25) is 0 Å². The quantitative estimate of drug-likeness (QED) is 0.475. The van der Waals surface area contributed by atoms with Crippen LogP contribution in [0.5, 0.6) is 11.5 Å².